The number of allylic oxidation sites excluding steroid dienone is 4. The molecule has 1 rings (SSSR count). The second-order valence-corrected chi connectivity index (χ2v) is 7.25. The molecule has 0 N–H and O–H groups in total. The molecule has 0 aliphatic heterocycles. The summed E-state index contributed by atoms with van der Waals surface area (Å²) in [6.07, 6.45) is 8.96. The van der Waals surface area contributed by atoms with E-state index in [1.54, 1.807) is 3.21 Å². The molecule has 9 heavy (non-hydrogen) atoms. The molecule has 47 valence electrons. The molecule has 0 aromatic carbocycles. The summed E-state index contributed by atoms with van der Waals surface area (Å²) >= 11 is -0.192. The van der Waals surface area contributed by atoms with E-state index in [-0.39, 0.29) is 22.8 Å². The summed E-state index contributed by atoms with van der Waals surface area (Å²) in [4.78, 5) is 0. The van der Waals surface area contributed by atoms with E-state index in [1.165, 1.54) is 0 Å². The van der Waals surface area contributed by atoms with Crippen molar-refractivity contribution in [2.75, 3.05) is 0 Å². The van der Waals surface area contributed by atoms with Crippen molar-refractivity contribution in [3.8, 4) is 0 Å². The van der Waals surface area contributed by atoms with Gasteiger partial charge in [-0.25, -0.2) is 0 Å². The summed E-state index contributed by atoms with van der Waals surface area (Å²) in [5.41, 5.74) is 0. The zero-order valence-corrected chi connectivity index (χ0v) is 8.34. The minimum atomic E-state index is -0.192. The van der Waals surface area contributed by atoms with Crippen LogP contribution in [0.5, 0.6) is 0 Å². The Balaban J connectivity index is 2.56. The molecule has 0 aromatic rings. The van der Waals surface area contributed by atoms with Crippen LogP contribution < -0.4 is 0 Å². The molecule has 0 amide bonds. The summed E-state index contributed by atoms with van der Waals surface area (Å²) in [6.45, 7) is 4.51. The van der Waals surface area contributed by atoms with Gasteiger partial charge in [0.25, 0.3) is 0 Å². The molecule has 0 saturated carbocycles. The predicted molar refractivity (Wildman–Crippen MR) is 38.4 cm³/mol. The van der Waals surface area contributed by atoms with Gasteiger partial charge < -0.3 is 0 Å². The van der Waals surface area contributed by atoms with Crippen molar-refractivity contribution in [1.82, 2.24) is 0 Å². The molecular formula is C8H11Zr. The van der Waals surface area contributed by atoms with Gasteiger partial charge in [-0.3, -0.25) is 0 Å². The maximum atomic E-state index is 2.32. The monoisotopic (exact) mass is 197 g/mol. The first kappa shape index (κ1) is 7.34. The molecule has 0 nitrogen and oxygen atoms in total. The van der Waals surface area contributed by atoms with Crippen LogP contribution in [0.3, 0.4) is 0 Å². The summed E-state index contributed by atoms with van der Waals surface area (Å²) in [7, 11) is 0. The SMILES string of the molecule is C[C](C)=[Zr][CH]1C=CC=C1. The van der Waals surface area contributed by atoms with Gasteiger partial charge in [0.2, 0.25) is 0 Å². The first-order chi connectivity index (χ1) is 4.29. The summed E-state index contributed by atoms with van der Waals surface area (Å²) in [6, 6.07) is 0. The molecule has 0 bridgehead atoms. The quantitative estimate of drug-likeness (QED) is 0.606. The number of hydrogen-bond donors (Lipinski definition) is 0. The Hall–Kier alpha value is 0.233. The molecule has 0 unspecified atom stereocenters. The summed E-state index contributed by atoms with van der Waals surface area (Å²) < 4.78 is 2.54. The van der Waals surface area contributed by atoms with Crippen LogP contribution in [0.25, 0.3) is 0 Å². The van der Waals surface area contributed by atoms with Crippen LogP contribution in [0.4, 0.5) is 0 Å². The molecule has 0 aromatic heterocycles. The first-order valence-corrected chi connectivity index (χ1v) is 5.85. The van der Waals surface area contributed by atoms with Crippen LogP contribution in [0.1, 0.15) is 13.8 Å². The third-order valence-electron chi connectivity index (χ3n) is 1.20. The van der Waals surface area contributed by atoms with Crippen molar-refractivity contribution < 1.29 is 22.8 Å². The number of hydrogen-bond acceptors (Lipinski definition) is 0. The van der Waals surface area contributed by atoms with Gasteiger partial charge in [-0.1, -0.05) is 0 Å². The van der Waals surface area contributed by atoms with Gasteiger partial charge in [-0.15, -0.1) is 0 Å². The van der Waals surface area contributed by atoms with Gasteiger partial charge in [-0.05, 0) is 0 Å². The molecule has 0 spiro atoms. The molecule has 0 saturated heterocycles. The number of rotatable bonds is 1. The van der Waals surface area contributed by atoms with Crippen molar-refractivity contribution in [2.24, 2.45) is 0 Å². The fraction of sp³-hybridized carbons (Fsp3) is 0.375. The van der Waals surface area contributed by atoms with Gasteiger partial charge in [0.05, 0.1) is 0 Å². The van der Waals surface area contributed by atoms with E-state index in [1.807, 2.05) is 0 Å². The second-order valence-electron chi connectivity index (χ2n) is 2.44. The van der Waals surface area contributed by atoms with E-state index in [0.29, 0.717) is 0 Å². The normalized spacial score (nSPS) is 16.2. The van der Waals surface area contributed by atoms with E-state index in [9.17, 15) is 0 Å². The fourth-order valence-corrected chi connectivity index (χ4v) is 3.52. The Morgan fingerprint density at radius 1 is 1.22 bits per heavy atom. The predicted octanol–water partition coefficient (Wildman–Crippen LogP) is 2.20. The zero-order chi connectivity index (χ0) is 6.69. The second kappa shape index (κ2) is 3.41. The fourth-order valence-electron chi connectivity index (χ4n) is 0.861. The van der Waals surface area contributed by atoms with E-state index in [0.717, 1.165) is 3.63 Å². The molecule has 1 aliphatic rings. The first-order valence-electron chi connectivity index (χ1n) is 3.21. The van der Waals surface area contributed by atoms with Crippen molar-refractivity contribution in [3.05, 3.63) is 24.3 Å². The van der Waals surface area contributed by atoms with Crippen LogP contribution in [-0.4, -0.2) is 3.21 Å². The molecular weight excluding hydrogens is 187 g/mol. The average molecular weight is 198 g/mol. The standard InChI is InChI=1S/C5H5.C3H6.Zr/c1-2-4-5-3-1;1-3-2;/h1-5H;1-2H3;. The Kier molecular flexibility index (Phi) is 2.78. The minimum absolute atomic E-state index is 0.192. The van der Waals surface area contributed by atoms with Crippen LogP contribution in [0, 0.1) is 0 Å². The van der Waals surface area contributed by atoms with Crippen molar-refractivity contribution in [3.63, 3.8) is 0 Å². The van der Waals surface area contributed by atoms with E-state index < -0.39 is 0 Å². The Bertz CT molecular complexity index is 159. The Morgan fingerprint density at radius 2 is 1.78 bits per heavy atom. The third-order valence-corrected chi connectivity index (χ3v) is 4.39. The summed E-state index contributed by atoms with van der Waals surface area (Å²) in [5.74, 6) is 0. The van der Waals surface area contributed by atoms with Crippen LogP contribution in [-0.2, 0) is 22.8 Å². The molecule has 0 fully saturated rings. The zero-order valence-electron chi connectivity index (χ0n) is 5.89. The van der Waals surface area contributed by atoms with Crippen LogP contribution in [0.2, 0.25) is 3.63 Å². The molecule has 0 radical (unpaired) electrons. The van der Waals surface area contributed by atoms with Crippen molar-refractivity contribution in [1.29, 1.82) is 0 Å². The molecule has 1 heteroatoms. The van der Waals surface area contributed by atoms with Crippen LogP contribution >= 0.6 is 0 Å². The van der Waals surface area contributed by atoms with Gasteiger partial charge in [-0.2, -0.15) is 0 Å². The molecule has 1 aliphatic carbocycles. The van der Waals surface area contributed by atoms with Crippen molar-refractivity contribution >= 4 is 3.21 Å². The van der Waals surface area contributed by atoms with Gasteiger partial charge in [0.1, 0.15) is 0 Å². The summed E-state index contributed by atoms with van der Waals surface area (Å²) in [5, 5.41) is 0. The van der Waals surface area contributed by atoms with Crippen LogP contribution in [0.15, 0.2) is 24.3 Å². The van der Waals surface area contributed by atoms with E-state index >= 15 is 0 Å². The maximum absolute atomic E-state index is 2.32. The van der Waals surface area contributed by atoms with Crippen molar-refractivity contribution in [2.45, 2.75) is 17.5 Å². The molecule has 0 atom stereocenters. The topological polar surface area (TPSA) is 0 Å². The average Bonchev–Trinajstić information content (AvgIpc) is 2.15. The molecule has 0 heterocycles. The van der Waals surface area contributed by atoms with E-state index in [4.69, 9.17) is 0 Å². The van der Waals surface area contributed by atoms with Gasteiger partial charge in [0.15, 0.2) is 0 Å². The van der Waals surface area contributed by atoms with E-state index in [2.05, 4.69) is 38.2 Å². The van der Waals surface area contributed by atoms with Gasteiger partial charge in [0, 0.05) is 0 Å². The Morgan fingerprint density at radius 3 is 2.22 bits per heavy atom. The van der Waals surface area contributed by atoms with Gasteiger partial charge >= 0.3 is 67.7 Å². The third kappa shape index (κ3) is 2.53. The Labute approximate surface area is 67.7 Å².